The second-order valence-electron chi connectivity index (χ2n) is 7.87. The van der Waals surface area contributed by atoms with Crippen molar-refractivity contribution in [2.24, 2.45) is 4.99 Å². The van der Waals surface area contributed by atoms with E-state index >= 15 is 0 Å². The van der Waals surface area contributed by atoms with E-state index in [1.807, 2.05) is 33.8 Å². The van der Waals surface area contributed by atoms with Crippen LogP contribution in [0.15, 0.2) is 27.7 Å². The minimum Gasteiger partial charge on any atom is -0.444 e. The van der Waals surface area contributed by atoms with Crippen LogP contribution in [0.2, 0.25) is 0 Å². The average molecular weight is 432 g/mol. The predicted molar refractivity (Wildman–Crippen MR) is 111 cm³/mol. The molecule has 27 heavy (non-hydrogen) atoms. The maximum Gasteiger partial charge on any atom is 0.410 e. The zero-order valence-corrected chi connectivity index (χ0v) is 17.9. The van der Waals surface area contributed by atoms with Gasteiger partial charge in [0.1, 0.15) is 11.4 Å². The van der Waals surface area contributed by atoms with Gasteiger partial charge < -0.3 is 10.1 Å². The van der Waals surface area contributed by atoms with Gasteiger partial charge in [0.05, 0.1) is 18.6 Å². The molecule has 0 aromatic heterocycles. The fourth-order valence-corrected chi connectivity index (χ4v) is 3.78. The van der Waals surface area contributed by atoms with Crippen molar-refractivity contribution < 1.29 is 9.53 Å². The van der Waals surface area contributed by atoms with Gasteiger partial charge >= 0.3 is 6.09 Å². The number of hydrogen-bond donors (Lipinski definition) is 1. The number of ether oxygens (including phenoxy) is 1. The number of nitrogens with one attached hydrogen (secondary N) is 1. The lowest BCUT2D eigenvalue weighted by atomic mass is 10.0. The Morgan fingerprint density at radius 3 is 2.89 bits per heavy atom. The molecule has 5 nitrogen and oxygen atoms in total. The number of nitrogens with zero attached hydrogens (tertiary/aromatic N) is 2. The Balaban J connectivity index is 1.70. The SMILES string of the molecule is CC#Cc1cc(C2CN=C(C3CCCN3C(=O)OC(C)(C)C)N2)ccc1Br. The number of benzene rings is 1. The number of carbonyl (C=O) groups excluding carboxylic acids is 1. The molecule has 1 amide bonds. The van der Waals surface area contributed by atoms with Gasteiger partial charge in [-0.2, -0.15) is 0 Å². The number of amides is 1. The van der Waals surface area contributed by atoms with Crippen LogP contribution in [0.3, 0.4) is 0 Å². The van der Waals surface area contributed by atoms with Gasteiger partial charge in [-0.3, -0.25) is 9.89 Å². The minimum absolute atomic E-state index is 0.0322. The summed E-state index contributed by atoms with van der Waals surface area (Å²) in [6.07, 6.45) is 1.61. The van der Waals surface area contributed by atoms with Gasteiger partial charge in [-0.05, 0) is 74.2 Å². The van der Waals surface area contributed by atoms with E-state index < -0.39 is 5.60 Å². The largest absolute Gasteiger partial charge is 0.444 e. The summed E-state index contributed by atoms with van der Waals surface area (Å²) in [5, 5.41) is 3.52. The Kier molecular flexibility index (Phi) is 5.81. The number of likely N-dealkylation sites (tertiary alicyclic amines) is 1. The summed E-state index contributed by atoms with van der Waals surface area (Å²) in [6.45, 7) is 8.87. The molecule has 3 rings (SSSR count). The molecule has 1 aromatic rings. The first-order chi connectivity index (χ1) is 12.8. The predicted octanol–water partition coefficient (Wildman–Crippen LogP) is 4.26. The van der Waals surface area contributed by atoms with Crippen LogP contribution in [0.5, 0.6) is 0 Å². The molecule has 1 N–H and O–H groups in total. The highest BCUT2D eigenvalue weighted by molar-refractivity contribution is 9.10. The van der Waals surface area contributed by atoms with Crippen molar-refractivity contribution in [1.82, 2.24) is 10.2 Å². The Labute approximate surface area is 169 Å². The van der Waals surface area contributed by atoms with Crippen molar-refractivity contribution in [2.45, 2.75) is 58.2 Å². The third-order valence-electron chi connectivity index (χ3n) is 4.62. The van der Waals surface area contributed by atoms with E-state index in [1.165, 1.54) is 0 Å². The Bertz CT molecular complexity index is 817. The highest BCUT2D eigenvalue weighted by Gasteiger charge is 2.37. The lowest BCUT2D eigenvalue weighted by Crippen LogP contribution is -2.46. The molecule has 144 valence electrons. The standard InChI is InChI=1S/C21H26BrN3O2/c1-5-7-14-12-15(9-10-16(14)22)17-13-23-19(24-17)18-8-6-11-25(18)20(26)27-21(2,3)4/h9-10,12,17-18H,6,8,11,13H2,1-4H3,(H,23,24). The summed E-state index contributed by atoms with van der Waals surface area (Å²) in [7, 11) is 0. The molecule has 0 bridgehead atoms. The van der Waals surface area contributed by atoms with Crippen molar-refractivity contribution in [1.29, 1.82) is 0 Å². The quantitative estimate of drug-likeness (QED) is 0.711. The number of carbonyl (C=O) groups is 1. The first-order valence-electron chi connectivity index (χ1n) is 9.31. The van der Waals surface area contributed by atoms with E-state index in [0.717, 1.165) is 34.3 Å². The van der Waals surface area contributed by atoms with Gasteiger partial charge in [-0.25, -0.2) is 4.79 Å². The number of aliphatic imine (C=N–C) groups is 1. The lowest BCUT2D eigenvalue weighted by Gasteiger charge is -2.29. The molecule has 1 aromatic carbocycles. The molecule has 2 atom stereocenters. The molecule has 0 radical (unpaired) electrons. The molecule has 6 heteroatoms. The monoisotopic (exact) mass is 431 g/mol. The van der Waals surface area contributed by atoms with Gasteiger partial charge in [0, 0.05) is 16.6 Å². The van der Waals surface area contributed by atoms with Crippen LogP contribution < -0.4 is 5.32 Å². The van der Waals surface area contributed by atoms with Crippen molar-refractivity contribution in [3.63, 3.8) is 0 Å². The molecule has 0 aliphatic carbocycles. The van der Waals surface area contributed by atoms with Gasteiger partial charge in [0.25, 0.3) is 0 Å². The van der Waals surface area contributed by atoms with Crippen LogP contribution in [0.4, 0.5) is 4.79 Å². The number of halogens is 1. The van der Waals surface area contributed by atoms with Crippen molar-refractivity contribution in [2.75, 3.05) is 13.1 Å². The van der Waals surface area contributed by atoms with Gasteiger partial charge in [0.15, 0.2) is 0 Å². The number of hydrogen-bond acceptors (Lipinski definition) is 4. The Hall–Kier alpha value is -2.00. The lowest BCUT2D eigenvalue weighted by molar-refractivity contribution is 0.0264. The van der Waals surface area contributed by atoms with E-state index in [0.29, 0.717) is 13.1 Å². The Morgan fingerprint density at radius 1 is 1.41 bits per heavy atom. The summed E-state index contributed by atoms with van der Waals surface area (Å²) in [4.78, 5) is 19.0. The molecule has 2 aliphatic heterocycles. The summed E-state index contributed by atoms with van der Waals surface area (Å²) < 4.78 is 6.55. The first kappa shape index (κ1) is 19.8. The zero-order valence-electron chi connectivity index (χ0n) is 16.3. The maximum atomic E-state index is 12.5. The molecule has 2 heterocycles. The highest BCUT2D eigenvalue weighted by Crippen LogP contribution is 2.27. The third-order valence-corrected chi connectivity index (χ3v) is 5.31. The van der Waals surface area contributed by atoms with Crippen molar-refractivity contribution in [3.8, 4) is 11.8 Å². The zero-order chi connectivity index (χ0) is 19.6. The summed E-state index contributed by atoms with van der Waals surface area (Å²) >= 11 is 3.54. The molecule has 0 saturated carbocycles. The molecule has 1 saturated heterocycles. The molecule has 2 unspecified atom stereocenters. The van der Waals surface area contributed by atoms with Gasteiger partial charge in [-0.15, -0.1) is 5.92 Å². The fraction of sp³-hybridized carbons (Fsp3) is 0.524. The second-order valence-corrected chi connectivity index (χ2v) is 8.72. The van der Waals surface area contributed by atoms with E-state index in [1.54, 1.807) is 4.90 Å². The molecule has 0 spiro atoms. The maximum absolute atomic E-state index is 12.5. The van der Waals surface area contributed by atoms with Crippen LogP contribution in [0.1, 0.15) is 57.7 Å². The first-order valence-corrected chi connectivity index (χ1v) is 10.1. The van der Waals surface area contributed by atoms with E-state index in [9.17, 15) is 4.79 Å². The number of amidine groups is 1. The second kappa shape index (κ2) is 7.93. The summed E-state index contributed by atoms with van der Waals surface area (Å²) in [5.74, 6) is 6.95. The molecular formula is C21H26BrN3O2. The molecular weight excluding hydrogens is 406 g/mol. The molecule has 1 fully saturated rings. The van der Waals surface area contributed by atoms with Crippen LogP contribution in [-0.2, 0) is 4.74 Å². The number of rotatable bonds is 2. The topological polar surface area (TPSA) is 53.9 Å². The van der Waals surface area contributed by atoms with Gasteiger partial charge in [-0.1, -0.05) is 12.0 Å². The van der Waals surface area contributed by atoms with E-state index in [4.69, 9.17) is 9.73 Å². The molecule has 2 aliphatic rings. The van der Waals surface area contributed by atoms with Gasteiger partial charge in [0.2, 0.25) is 0 Å². The van der Waals surface area contributed by atoms with Crippen LogP contribution >= 0.6 is 15.9 Å². The van der Waals surface area contributed by atoms with Crippen LogP contribution in [-0.4, -0.2) is 41.6 Å². The van der Waals surface area contributed by atoms with Crippen LogP contribution in [0, 0.1) is 11.8 Å². The average Bonchev–Trinajstić information content (AvgIpc) is 3.24. The fourth-order valence-electron chi connectivity index (χ4n) is 3.43. The van der Waals surface area contributed by atoms with E-state index in [-0.39, 0.29) is 18.2 Å². The smallest absolute Gasteiger partial charge is 0.410 e. The minimum atomic E-state index is -0.494. The highest BCUT2D eigenvalue weighted by atomic mass is 79.9. The Morgan fingerprint density at radius 2 is 2.19 bits per heavy atom. The van der Waals surface area contributed by atoms with E-state index in [2.05, 4.69) is 45.2 Å². The third kappa shape index (κ3) is 4.65. The van der Waals surface area contributed by atoms with Crippen molar-refractivity contribution >= 4 is 27.9 Å². The summed E-state index contributed by atoms with van der Waals surface area (Å²) in [6, 6.07) is 6.28. The summed E-state index contributed by atoms with van der Waals surface area (Å²) in [5.41, 5.74) is 1.63. The normalized spacial score (nSPS) is 22.0. The van der Waals surface area contributed by atoms with Crippen LogP contribution in [0.25, 0.3) is 0 Å². The van der Waals surface area contributed by atoms with Crippen molar-refractivity contribution in [3.05, 3.63) is 33.8 Å².